The third-order valence-electron chi connectivity index (χ3n) is 4.41. The molecule has 0 bridgehead atoms. The highest BCUT2D eigenvalue weighted by Crippen LogP contribution is 2.31. The van der Waals surface area contributed by atoms with Gasteiger partial charge in [0.25, 0.3) is 11.7 Å². The molecule has 6 heteroatoms. The molecular weight excluding hydrogens is 306 g/mol. The molecule has 2 aliphatic heterocycles. The number of carbonyl (C=O) groups excluding carboxylic acids is 1. The Balaban J connectivity index is 1.37. The second-order valence-electron chi connectivity index (χ2n) is 5.92. The van der Waals surface area contributed by atoms with Crippen LogP contribution in [0.5, 0.6) is 11.5 Å². The fourth-order valence-corrected chi connectivity index (χ4v) is 3.09. The molecule has 1 saturated heterocycles. The molecule has 0 unspecified atom stereocenters. The number of hydrogen-bond donors (Lipinski definition) is 0. The molecule has 1 N–H and O–H groups in total. The van der Waals surface area contributed by atoms with Gasteiger partial charge in [-0.05, 0) is 18.2 Å². The Morgan fingerprint density at radius 1 is 1.00 bits per heavy atom. The van der Waals surface area contributed by atoms with Crippen LogP contribution in [0.25, 0.3) is 0 Å². The topological polar surface area (TPSA) is 56.2 Å². The highest BCUT2D eigenvalue weighted by Gasteiger charge is 2.34. The van der Waals surface area contributed by atoms with Gasteiger partial charge >= 0.3 is 0 Å². The van der Waals surface area contributed by atoms with E-state index in [1.54, 1.807) is 0 Å². The average molecular weight is 326 g/mol. The van der Waals surface area contributed by atoms with E-state index in [1.165, 1.54) is 0 Å². The zero-order valence-corrected chi connectivity index (χ0v) is 13.4. The van der Waals surface area contributed by atoms with Crippen LogP contribution in [-0.4, -0.2) is 49.7 Å². The molecule has 1 aromatic carbocycles. The van der Waals surface area contributed by atoms with Crippen LogP contribution in [0.3, 0.4) is 0 Å². The van der Waals surface area contributed by atoms with Gasteiger partial charge in [0.05, 0.1) is 19.3 Å². The Hall–Kier alpha value is -2.76. The van der Waals surface area contributed by atoms with Crippen molar-refractivity contribution in [3.05, 3.63) is 48.7 Å². The number of carbonyl (C=O) groups is 1. The number of pyridine rings is 1. The lowest BCUT2D eigenvalue weighted by Gasteiger charge is -2.34. The van der Waals surface area contributed by atoms with E-state index in [0.717, 1.165) is 18.9 Å². The number of hydrogen-bond acceptors (Lipinski definition) is 4. The number of aromatic amines is 1. The summed E-state index contributed by atoms with van der Waals surface area (Å²) in [6.07, 6.45) is 1.35. The minimum atomic E-state index is -0.560. The minimum absolute atomic E-state index is 0.00111. The first kappa shape index (κ1) is 14.8. The number of amides is 1. The van der Waals surface area contributed by atoms with E-state index < -0.39 is 6.10 Å². The molecule has 1 amide bonds. The van der Waals surface area contributed by atoms with E-state index in [-0.39, 0.29) is 12.5 Å². The number of anilines is 1. The zero-order valence-electron chi connectivity index (χ0n) is 13.4. The van der Waals surface area contributed by atoms with Crippen LogP contribution in [-0.2, 0) is 4.79 Å². The molecule has 3 heterocycles. The number of rotatable bonds is 2. The van der Waals surface area contributed by atoms with Gasteiger partial charge in [-0.1, -0.05) is 18.2 Å². The van der Waals surface area contributed by atoms with Crippen LogP contribution in [0.15, 0.2) is 48.7 Å². The number of piperazine rings is 1. The quantitative estimate of drug-likeness (QED) is 0.826. The Labute approximate surface area is 140 Å². The van der Waals surface area contributed by atoms with Crippen LogP contribution in [0.4, 0.5) is 5.82 Å². The van der Waals surface area contributed by atoms with Gasteiger partial charge in [0, 0.05) is 6.07 Å². The molecule has 0 aliphatic carbocycles. The van der Waals surface area contributed by atoms with Crippen LogP contribution in [0.1, 0.15) is 0 Å². The number of fused-ring (bicyclic) bond motifs is 1. The van der Waals surface area contributed by atoms with Gasteiger partial charge in [-0.2, -0.15) is 0 Å². The highest BCUT2D eigenvalue weighted by molar-refractivity contribution is 5.82. The molecule has 6 nitrogen and oxygen atoms in total. The SMILES string of the molecule is O=C([C@H]1COc2ccccc2O1)N1CCN(c2cccc[nH+]2)CC1. The van der Waals surface area contributed by atoms with Crippen LogP contribution in [0.2, 0.25) is 0 Å². The molecule has 2 aromatic rings. The lowest BCUT2D eigenvalue weighted by molar-refractivity contribution is -0.364. The number of nitrogens with one attached hydrogen (secondary N) is 1. The second kappa shape index (κ2) is 6.39. The lowest BCUT2D eigenvalue weighted by atomic mass is 10.2. The first-order valence-corrected chi connectivity index (χ1v) is 8.20. The lowest BCUT2D eigenvalue weighted by Crippen LogP contribution is -2.54. The fourth-order valence-electron chi connectivity index (χ4n) is 3.09. The molecular formula is C18H20N3O3+. The number of para-hydroxylation sites is 2. The van der Waals surface area contributed by atoms with Crippen molar-refractivity contribution in [2.24, 2.45) is 0 Å². The molecule has 0 saturated carbocycles. The van der Waals surface area contributed by atoms with Gasteiger partial charge in [0.1, 0.15) is 19.7 Å². The van der Waals surface area contributed by atoms with Gasteiger partial charge in [-0.3, -0.25) is 9.69 Å². The first-order valence-electron chi connectivity index (χ1n) is 8.20. The van der Waals surface area contributed by atoms with Crippen molar-refractivity contribution < 1.29 is 19.3 Å². The van der Waals surface area contributed by atoms with Crippen molar-refractivity contribution in [3.8, 4) is 11.5 Å². The van der Waals surface area contributed by atoms with Crippen molar-refractivity contribution in [3.63, 3.8) is 0 Å². The minimum Gasteiger partial charge on any atom is -0.485 e. The number of nitrogens with zero attached hydrogens (tertiary/aromatic N) is 2. The van der Waals surface area contributed by atoms with Crippen LogP contribution >= 0.6 is 0 Å². The summed E-state index contributed by atoms with van der Waals surface area (Å²) < 4.78 is 11.5. The van der Waals surface area contributed by atoms with Crippen molar-refractivity contribution in [2.75, 3.05) is 37.7 Å². The maximum Gasteiger partial charge on any atom is 0.274 e. The average Bonchev–Trinajstić information content (AvgIpc) is 2.68. The van der Waals surface area contributed by atoms with Gasteiger partial charge in [-0.15, -0.1) is 0 Å². The summed E-state index contributed by atoms with van der Waals surface area (Å²) in [4.78, 5) is 20.0. The van der Waals surface area contributed by atoms with E-state index >= 15 is 0 Å². The number of H-pyrrole nitrogens is 1. The van der Waals surface area contributed by atoms with Gasteiger partial charge in [0.15, 0.2) is 11.5 Å². The van der Waals surface area contributed by atoms with E-state index in [9.17, 15) is 4.79 Å². The van der Waals surface area contributed by atoms with Gasteiger partial charge in [-0.25, -0.2) is 4.98 Å². The number of ether oxygens (including phenoxy) is 2. The molecule has 124 valence electrons. The van der Waals surface area contributed by atoms with E-state index in [0.29, 0.717) is 24.6 Å². The third-order valence-corrected chi connectivity index (χ3v) is 4.41. The molecule has 0 radical (unpaired) electrons. The summed E-state index contributed by atoms with van der Waals surface area (Å²) in [6.45, 7) is 3.24. The van der Waals surface area contributed by atoms with Crippen molar-refractivity contribution in [1.82, 2.24) is 4.90 Å². The molecule has 1 aromatic heterocycles. The Morgan fingerprint density at radius 3 is 2.50 bits per heavy atom. The monoisotopic (exact) mass is 326 g/mol. The zero-order chi connectivity index (χ0) is 16.4. The largest absolute Gasteiger partial charge is 0.485 e. The smallest absolute Gasteiger partial charge is 0.274 e. The Kier molecular flexibility index (Phi) is 3.94. The van der Waals surface area contributed by atoms with Gasteiger partial charge < -0.3 is 14.4 Å². The molecule has 1 fully saturated rings. The predicted octanol–water partition coefficient (Wildman–Crippen LogP) is 0.989. The standard InChI is InChI=1S/C18H19N3O3/c22-18(16-13-23-14-5-1-2-6-15(14)24-16)21-11-9-20(10-12-21)17-7-3-4-8-19-17/h1-8,16H,9-13H2/p+1/t16-/m1/s1. The molecule has 24 heavy (non-hydrogen) atoms. The summed E-state index contributed by atoms with van der Waals surface area (Å²) >= 11 is 0. The van der Waals surface area contributed by atoms with Crippen LogP contribution in [0, 0.1) is 0 Å². The Morgan fingerprint density at radius 2 is 1.75 bits per heavy atom. The summed E-state index contributed by atoms with van der Waals surface area (Å²) in [5.41, 5.74) is 0. The summed E-state index contributed by atoms with van der Waals surface area (Å²) in [7, 11) is 0. The van der Waals surface area contributed by atoms with Gasteiger partial charge in [0.2, 0.25) is 6.10 Å². The summed E-state index contributed by atoms with van der Waals surface area (Å²) in [5, 5.41) is 0. The summed E-state index contributed by atoms with van der Waals surface area (Å²) in [6, 6.07) is 13.5. The maximum absolute atomic E-state index is 12.7. The third kappa shape index (κ3) is 2.87. The molecule has 1 atom stereocenters. The maximum atomic E-state index is 12.7. The van der Waals surface area contributed by atoms with E-state index in [2.05, 4.69) is 9.88 Å². The first-order chi connectivity index (χ1) is 11.8. The molecule has 2 aliphatic rings. The summed E-state index contributed by atoms with van der Waals surface area (Å²) in [5.74, 6) is 2.42. The van der Waals surface area contributed by atoms with Crippen molar-refractivity contribution in [2.45, 2.75) is 6.10 Å². The number of aromatic nitrogens is 1. The molecule has 4 rings (SSSR count). The van der Waals surface area contributed by atoms with Crippen molar-refractivity contribution in [1.29, 1.82) is 0 Å². The fraction of sp³-hybridized carbons (Fsp3) is 0.333. The number of benzene rings is 1. The second-order valence-corrected chi connectivity index (χ2v) is 5.92. The molecule has 0 spiro atoms. The Bertz CT molecular complexity index is 714. The predicted molar refractivity (Wildman–Crippen MR) is 88.1 cm³/mol. The van der Waals surface area contributed by atoms with E-state index in [1.807, 2.05) is 53.6 Å². The van der Waals surface area contributed by atoms with Crippen molar-refractivity contribution >= 4 is 11.7 Å². The highest BCUT2D eigenvalue weighted by atomic mass is 16.6. The van der Waals surface area contributed by atoms with Crippen LogP contribution < -0.4 is 19.4 Å². The normalized spacial score (nSPS) is 19.9. The van der Waals surface area contributed by atoms with E-state index in [4.69, 9.17) is 9.47 Å².